The Kier molecular flexibility index (Phi) is 4.08. The van der Waals surface area contributed by atoms with Gasteiger partial charge in [-0.15, -0.1) is 0 Å². The fourth-order valence-electron chi connectivity index (χ4n) is 4.01. The van der Waals surface area contributed by atoms with E-state index in [-0.39, 0.29) is 11.1 Å². The molecule has 0 N–H and O–H groups in total. The van der Waals surface area contributed by atoms with E-state index in [4.69, 9.17) is 4.98 Å². The summed E-state index contributed by atoms with van der Waals surface area (Å²) < 4.78 is 5.87. The molecule has 5 rings (SSSR count). The normalized spacial score (nSPS) is 14.9. The van der Waals surface area contributed by atoms with Crippen LogP contribution in [0, 0.1) is 5.41 Å². The van der Waals surface area contributed by atoms with Crippen molar-refractivity contribution in [3.63, 3.8) is 0 Å². The van der Waals surface area contributed by atoms with E-state index in [2.05, 4.69) is 35.1 Å². The van der Waals surface area contributed by atoms with Crippen molar-refractivity contribution >= 4 is 16.7 Å². The summed E-state index contributed by atoms with van der Waals surface area (Å²) in [7, 11) is 0. The van der Waals surface area contributed by atoms with Crippen molar-refractivity contribution in [1.82, 2.24) is 28.5 Å². The monoisotopic (exact) mass is 390 g/mol. The summed E-state index contributed by atoms with van der Waals surface area (Å²) in [6.45, 7) is 7.19. The molecule has 0 aliphatic heterocycles. The Bertz CT molecular complexity index is 1250. The van der Waals surface area contributed by atoms with Crippen molar-refractivity contribution in [2.75, 3.05) is 0 Å². The maximum absolute atomic E-state index is 13.3. The van der Waals surface area contributed by atoms with Crippen molar-refractivity contribution in [2.24, 2.45) is 5.41 Å². The minimum Gasteiger partial charge on any atom is -0.301 e. The van der Waals surface area contributed by atoms with E-state index in [0.29, 0.717) is 12.6 Å². The van der Waals surface area contributed by atoms with Gasteiger partial charge in [0.1, 0.15) is 0 Å². The number of aryl methyl sites for hydroxylation is 1. The molecule has 0 radical (unpaired) electrons. The maximum Gasteiger partial charge on any atom is 0.329 e. The zero-order valence-corrected chi connectivity index (χ0v) is 17.2. The van der Waals surface area contributed by atoms with Gasteiger partial charge in [0, 0.05) is 30.3 Å². The minimum absolute atomic E-state index is 0.0347. The van der Waals surface area contributed by atoms with Crippen LogP contribution < -0.4 is 5.69 Å². The number of hydrogen-bond acceptors (Lipinski definition) is 4. The zero-order valence-electron chi connectivity index (χ0n) is 17.2. The van der Waals surface area contributed by atoms with Gasteiger partial charge in [-0.05, 0) is 37.2 Å². The van der Waals surface area contributed by atoms with E-state index in [0.717, 1.165) is 53.8 Å². The lowest BCUT2D eigenvalue weighted by molar-refractivity contribution is 0.375. The predicted octanol–water partition coefficient (Wildman–Crippen LogP) is 3.60. The number of hydrogen-bond donors (Lipinski definition) is 0. The van der Waals surface area contributed by atoms with Gasteiger partial charge in [0.05, 0.1) is 35.7 Å². The van der Waals surface area contributed by atoms with Crippen molar-refractivity contribution in [1.29, 1.82) is 0 Å². The predicted molar refractivity (Wildman–Crippen MR) is 112 cm³/mol. The van der Waals surface area contributed by atoms with E-state index < -0.39 is 0 Å². The van der Waals surface area contributed by atoms with Gasteiger partial charge in [0.2, 0.25) is 0 Å². The number of rotatable bonds is 5. The molecule has 4 aromatic heterocycles. The molecule has 0 aromatic carbocycles. The van der Waals surface area contributed by atoms with Gasteiger partial charge in [-0.2, -0.15) is 0 Å². The summed E-state index contributed by atoms with van der Waals surface area (Å²) in [5.74, 6) is 0. The second-order valence-electron chi connectivity index (χ2n) is 9.20. The molecule has 1 aliphatic rings. The van der Waals surface area contributed by atoms with Crippen LogP contribution in [0.25, 0.3) is 16.7 Å². The second kappa shape index (κ2) is 6.54. The van der Waals surface area contributed by atoms with Gasteiger partial charge in [-0.1, -0.05) is 20.8 Å². The minimum atomic E-state index is 0.0347. The average molecular weight is 390 g/mol. The molecule has 0 atom stereocenters. The Morgan fingerprint density at radius 2 is 1.90 bits per heavy atom. The molecule has 4 aromatic rings. The SMILES string of the molecule is CC(C)(C)CCc1c(Cn2c(=O)n(C3CC3)c3ccncc32)nc2cnccn12. The Hall–Kier alpha value is -2.96. The van der Waals surface area contributed by atoms with Crippen LogP contribution in [0.4, 0.5) is 0 Å². The van der Waals surface area contributed by atoms with Crippen LogP contribution in [0.15, 0.2) is 41.8 Å². The fraction of sp³-hybridized carbons (Fsp3) is 0.455. The van der Waals surface area contributed by atoms with Crippen molar-refractivity contribution in [2.45, 2.75) is 59.0 Å². The summed E-state index contributed by atoms with van der Waals surface area (Å²) >= 11 is 0. The number of imidazole rings is 2. The Morgan fingerprint density at radius 1 is 1.10 bits per heavy atom. The van der Waals surface area contributed by atoms with Crippen LogP contribution in [0.1, 0.15) is 57.5 Å². The standard InChI is InChI=1S/C22H26N6O/c1-22(2,3)8-6-17-16(25-20-13-24-10-11-26(17)20)14-27-19-12-23-9-7-18(19)28(21(27)29)15-4-5-15/h7,9-13,15H,4-6,8,14H2,1-3H3. The summed E-state index contributed by atoms with van der Waals surface area (Å²) in [4.78, 5) is 26.6. The first-order valence-corrected chi connectivity index (χ1v) is 10.3. The number of fused-ring (bicyclic) bond motifs is 2. The lowest BCUT2D eigenvalue weighted by atomic mass is 9.89. The third-order valence-electron chi connectivity index (χ3n) is 5.71. The number of aromatic nitrogens is 6. The van der Waals surface area contributed by atoms with Crippen LogP contribution in [0.5, 0.6) is 0 Å². The quantitative estimate of drug-likeness (QED) is 0.522. The third kappa shape index (κ3) is 3.24. The van der Waals surface area contributed by atoms with Gasteiger partial charge in [-0.3, -0.25) is 19.1 Å². The molecule has 4 heterocycles. The fourth-order valence-corrected chi connectivity index (χ4v) is 4.01. The highest BCUT2D eigenvalue weighted by Crippen LogP contribution is 2.36. The highest BCUT2D eigenvalue weighted by molar-refractivity contribution is 5.75. The molecule has 7 heteroatoms. The van der Waals surface area contributed by atoms with Crippen LogP contribution in [0.2, 0.25) is 0 Å². The second-order valence-corrected chi connectivity index (χ2v) is 9.20. The summed E-state index contributed by atoms with van der Waals surface area (Å²) in [6.07, 6.45) is 13.2. The lowest BCUT2D eigenvalue weighted by Gasteiger charge is -2.18. The van der Waals surface area contributed by atoms with Gasteiger partial charge < -0.3 is 4.40 Å². The Balaban J connectivity index is 1.63. The molecule has 0 saturated heterocycles. The van der Waals surface area contributed by atoms with E-state index >= 15 is 0 Å². The molecule has 0 spiro atoms. The number of nitrogens with zero attached hydrogens (tertiary/aromatic N) is 6. The van der Waals surface area contributed by atoms with Crippen molar-refractivity contribution in [3.8, 4) is 0 Å². The molecule has 0 amide bonds. The van der Waals surface area contributed by atoms with Crippen LogP contribution >= 0.6 is 0 Å². The Morgan fingerprint density at radius 3 is 2.66 bits per heavy atom. The molecular weight excluding hydrogens is 364 g/mol. The molecule has 0 bridgehead atoms. The van der Waals surface area contributed by atoms with E-state index in [1.54, 1.807) is 24.8 Å². The average Bonchev–Trinajstić information content (AvgIpc) is 3.40. The number of pyridine rings is 1. The molecule has 7 nitrogen and oxygen atoms in total. The highest BCUT2D eigenvalue weighted by Gasteiger charge is 2.29. The van der Waals surface area contributed by atoms with Crippen molar-refractivity contribution < 1.29 is 0 Å². The summed E-state index contributed by atoms with van der Waals surface area (Å²) in [5, 5.41) is 0. The van der Waals surface area contributed by atoms with Gasteiger partial charge in [0.25, 0.3) is 0 Å². The van der Waals surface area contributed by atoms with Crippen LogP contribution in [0.3, 0.4) is 0 Å². The Labute approximate surface area is 169 Å². The molecule has 0 unspecified atom stereocenters. The molecule has 1 fully saturated rings. The van der Waals surface area contributed by atoms with Crippen LogP contribution in [-0.2, 0) is 13.0 Å². The topological polar surface area (TPSA) is 70.0 Å². The first kappa shape index (κ1) is 18.1. The lowest BCUT2D eigenvalue weighted by Crippen LogP contribution is -2.24. The largest absolute Gasteiger partial charge is 0.329 e. The van der Waals surface area contributed by atoms with E-state index in [1.807, 2.05) is 21.4 Å². The molecule has 1 aliphatic carbocycles. The van der Waals surface area contributed by atoms with Gasteiger partial charge in [0.15, 0.2) is 5.65 Å². The molecule has 1 saturated carbocycles. The zero-order chi connectivity index (χ0) is 20.2. The molecule has 29 heavy (non-hydrogen) atoms. The first-order valence-electron chi connectivity index (χ1n) is 10.3. The smallest absolute Gasteiger partial charge is 0.301 e. The first-order chi connectivity index (χ1) is 13.9. The van der Waals surface area contributed by atoms with E-state index in [1.165, 1.54) is 0 Å². The van der Waals surface area contributed by atoms with Gasteiger partial charge >= 0.3 is 5.69 Å². The molecular formula is C22H26N6O. The van der Waals surface area contributed by atoms with Crippen molar-refractivity contribution in [3.05, 3.63) is 58.9 Å². The maximum atomic E-state index is 13.3. The highest BCUT2D eigenvalue weighted by atomic mass is 16.1. The third-order valence-corrected chi connectivity index (χ3v) is 5.71. The summed E-state index contributed by atoms with van der Waals surface area (Å²) in [6, 6.07) is 2.26. The molecule has 150 valence electrons. The summed E-state index contributed by atoms with van der Waals surface area (Å²) in [5.41, 5.74) is 5.01. The van der Waals surface area contributed by atoms with Crippen LogP contribution in [-0.4, -0.2) is 28.5 Å². The van der Waals surface area contributed by atoms with Gasteiger partial charge in [-0.25, -0.2) is 9.78 Å². The van der Waals surface area contributed by atoms with E-state index in [9.17, 15) is 4.79 Å².